The maximum Gasteiger partial charge on any atom is 0.119 e. The lowest BCUT2D eigenvalue weighted by molar-refractivity contribution is 0.281. The second-order valence-electron chi connectivity index (χ2n) is 5.69. The molecule has 2 heterocycles. The molecule has 0 unspecified atom stereocenters. The van der Waals surface area contributed by atoms with Crippen LogP contribution in [0.25, 0.3) is 21.3 Å². The summed E-state index contributed by atoms with van der Waals surface area (Å²) in [5, 5.41) is 10.8. The van der Waals surface area contributed by atoms with E-state index in [0.29, 0.717) is 11.4 Å². The van der Waals surface area contributed by atoms with Crippen molar-refractivity contribution >= 4 is 33.2 Å². The normalized spacial score (nSPS) is 11.1. The minimum atomic E-state index is -0.0525. The smallest absolute Gasteiger partial charge is 0.119 e. The van der Waals surface area contributed by atoms with Gasteiger partial charge in [0.05, 0.1) is 22.0 Å². The van der Waals surface area contributed by atoms with Crippen LogP contribution in [-0.2, 0) is 13.0 Å². The summed E-state index contributed by atoms with van der Waals surface area (Å²) in [5.74, 6) is 0. The molecule has 4 aromatic rings. The summed E-state index contributed by atoms with van der Waals surface area (Å²) in [7, 11) is 0. The van der Waals surface area contributed by atoms with Crippen LogP contribution in [0.4, 0.5) is 0 Å². The fourth-order valence-electron chi connectivity index (χ4n) is 2.89. The molecule has 0 atom stereocenters. The van der Waals surface area contributed by atoms with Crippen molar-refractivity contribution in [2.45, 2.75) is 13.0 Å². The van der Waals surface area contributed by atoms with Gasteiger partial charge in [0.1, 0.15) is 10.5 Å². The number of hydrogen-bond donors (Lipinski definition) is 1. The molecule has 0 radical (unpaired) electrons. The summed E-state index contributed by atoms with van der Waals surface area (Å²) < 4.78 is 1.03. The quantitative estimate of drug-likeness (QED) is 0.547. The molecule has 1 N–H and O–H groups in total. The van der Waals surface area contributed by atoms with Crippen LogP contribution in [0.1, 0.15) is 16.3 Å². The minimum absolute atomic E-state index is 0.0525. The summed E-state index contributed by atoms with van der Waals surface area (Å²) in [6, 6.07) is 18.1. The van der Waals surface area contributed by atoms with E-state index in [-0.39, 0.29) is 6.61 Å². The van der Waals surface area contributed by atoms with Crippen LogP contribution in [-0.4, -0.2) is 15.1 Å². The molecule has 0 bridgehead atoms. The molecule has 0 aliphatic carbocycles. The van der Waals surface area contributed by atoms with E-state index in [1.807, 2.05) is 42.5 Å². The highest BCUT2D eigenvalue weighted by Gasteiger charge is 2.13. The number of benzene rings is 2. The Morgan fingerprint density at radius 2 is 1.84 bits per heavy atom. The second kappa shape index (κ2) is 6.92. The number of thiazole rings is 1. The Morgan fingerprint density at radius 1 is 1.00 bits per heavy atom. The van der Waals surface area contributed by atoms with E-state index >= 15 is 0 Å². The number of pyridine rings is 1. The molecule has 0 spiro atoms. The summed E-state index contributed by atoms with van der Waals surface area (Å²) in [6.07, 6.45) is 2.39. The SMILES string of the molecule is OCc1nc2c(Cc3cccc(-c4ccccc4)c3Cl)nccc2s1. The first-order valence-electron chi connectivity index (χ1n) is 7.93. The van der Waals surface area contributed by atoms with Crippen LogP contribution in [0.15, 0.2) is 60.8 Å². The first-order valence-corrected chi connectivity index (χ1v) is 9.12. The Hall–Kier alpha value is -2.27. The number of fused-ring (bicyclic) bond motifs is 1. The van der Waals surface area contributed by atoms with Gasteiger partial charge < -0.3 is 5.11 Å². The van der Waals surface area contributed by atoms with Gasteiger partial charge >= 0.3 is 0 Å². The van der Waals surface area contributed by atoms with Gasteiger partial charge in [-0.1, -0.05) is 60.1 Å². The number of aromatic nitrogens is 2. The zero-order valence-corrected chi connectivity index (χ0v) is 14.9. The molecule has 0 amide bonds. The van der Waals surface area contributed by atoms with E-state index < -0.39 is 0 Å². The van der Waals surface area contributed by atoms with Gasteiger partial charge in [0.15, 0.2) is 0 Å². The Balaban J connectivity index is 1.76. The molecule has 2 aromatic carbocycles. The molecule has 5 heteroatoms. The first-order chi connectivity index (χ1) is 12.3. The van der Waals surface area contributed by atoms with Crippen molar-refractivity contribution in [3.05, 3.63) is 82.1 Å². The lowest BCUT2D eigenvalue weighted by Gasteiger charge is -2.10. The summed E-state index contributed by atoms with van der Waals surface area (Å²) in [6.45, 7) is -0.0525. The molecule has 0 fully saturated rings. The van der Waals surface area contributed by atoms with Crippen molar-refractivity contribution in [3.63, 3.8) is 0 Å². The molecule has 2 aromatic heterocycles. The van der Waals surface area contributed by atoms with Crippen LogP contribution < -0.4 is 0 Å². The van der Waals surface area contributed by atoms with Crippen molar-refractivity contribution in [3.8, 4) is 11.1 Å². The molecular formula is C20H15ClN2OS. The zero-order chi connectivity index (χ0) is 17.2. The van der Waals surface area contributed by atoms with Crippen LogP contribution in [0.5, 0.6) is 0 Å². The topological polar surface area (TPSA) is 46.0 Å². The lowest BCUT2D eigenvalue weighted by atomic mass is 10.0. The number of aliphatic hydroxyl groups excluding tert-OH is 1. The third kappa shape index (κ3) is 3.16. The summed E-state index contributed by atoms with van der Waals surface area (Å²) in [4.78, 5) is 9.00. The molecule has 4 rings (SSSR count). The molecule has 0 aliphatic rings. The predicted molar refractivity (Wildman–Crippen MR) is 103 cm³/mol. The van der Waals surface area contributed by atoms with Crippen LogP contribution in [0, 0.1) is 0 Å². The van der Waals surface area contributed by atoms with Crippen LogP contribution >= 0.6 is 22.9 Å². The number of nitrogens with zero attached hydrogens (tertiary/aromatic N) is 2. The maximum atomic E-state index is 9.33. The molecule has 0 aliphatic heterocycles. The number of rotatable bonds is 4. The van der Waals surface area contributed by atoms with Crippen molar-refractivity contribution in [2.75, 3.05) is 0 Å². The fraction of sp³-hybridized carbons (Fsp3) is 0.100. The van der Waals surface area contributed by atoms with Gasteiger partial charge in [-0.2, -0.15) is 0 Å². The number of hydrogen-bond acceptors (Lipinski definition) is 4. The van der Waals surface area contributed by atoms with Crippen molar-refractivity contribution in [1.82, 2.24) is 9.97 Å². The molecular weight excluding hydrogens is 352 g/mol. The average molecular weight is 367 g/mol. The van der Waals surface area contributed by atoms with Gasteiger partial charge in [0.2, 0.25) is 0 Å². The maximum absolute atomic E-state index is 9.33. The van der Waals surface area contributed by atoms with Crippen molar-refractivity contribution in [2.24, 2.45) is 0 Å². The average Bonchev–Trinajstić information content (AvgIpc) is 3.08. The van der Waals surface area contributed by atoms with Gasteiger partial charge in [-0.15, -0.1) is 11.3 Å². The largest absolute Gasteiger partial charge is 0.389 e. The fourth-order valence-corrected chi connectivity index (χ4v) is 4.03. The molecule has 25 heavy (non-hydrogen) atoms. The standard InChI is InChI=1S/C20H15ClN2OS/c21-19-14(7-4-8-15(19)13-5-2-1-3-6-13)11-16-20-17(9-10-22-16)25-18(12-24)23-20/h1-10,24H,11-12H2. The Kier molecular flexibility index (Phi) is 4.49. The monoisotopic (exact) mass is 366 g/mol. The Morgan fingerprint density at radius 3 is 2.64 bits per heavy atom. The van der Waals surface area contributed by atoms with E-state index in [4.69, 9.17) is 11.6 Å². The van der Waals surface area contributed by atoms with Crippen molar-refractivity contribution < 1.29 is 5.11 Å². The van der Waals surface area contributed by atoms with E-state index in [1.165, 1.54) is 11.3 Å². The van der Waals surface area contributed by atoms with Crippen LogP contribution in [0.3, 0.4) is 0 Å². The van der Waals surface area contributed by atoms with Crippen LogP contribution in [0.2, 0.25) is 5.02 Å². The Bertz CT molecular complexity index is 1030. The highest BCUT2D eigenvalue weighted by Crippen LogP contribution is 2.33. The molecule has 3 nitrogen and oxygen atoms in total. The predicted octanol–water partition coefficient (Wildman–Crippen LogP) is 5.09. The van der Waals surface area contributed by atoms with Gasteiger partial charge in [0, 0.05) is 18.2 Å². The highest BCUT2D eigenvalue weighted by atomic mass is 35.5. The summed E-state index contributed by atoms with van der Waals surface area (Å²) >= 11 is 8.18. The third-order valence-electron chi connectivity index (χ3n) is 4.08. The van der Waals surface area contributed by atoms with E-state index in [9.17, 15) is 5.11 Å². The molecule has 124 valence electrons. The third-order valence-corrected chi connectivity index (χ3v) is 5.54. The molecule has 0 saturated heterocycles. The lowest BCUT2D eigenvalue weighted by Crippen LogP contribution is -1.96. The highest BCUT2D eigenvalue weighted by molar-refractivity contribution is 7.18. The van der Waals surface area contributed by atoms with Gasteiger partial charge in [-0.05, 0) is 17.2 Å². The first kappa shape index (κ1) is 16.2. The second-order valence-corrected chi connectivity index (χ2v) is 7.18. The summed E-state index contributed by atoms with van der Waals surface area (Å²) in [5.41, 5.74) is 4.85. The van der Waals surface area contributed by atoms with Gasteiger partial charge in [-0.3, -0.25) is 4.98 Å². The number of halogens is 1. The van der Waals surface area contributed by atoms with E-state index in [2.05, 4.69) is 22.1 Å². The van der Waals surface area contributed by atoms with Gasteiger partial charge in [-0.25, -0.2) is 4.98 Å². The van der Waals surface area contributed by atoms with Gasteiger partial charge in [0.25, 0.3) is 0 Å². The Labute approximate surface area is 154 Å². The molecule has 0 saturated carbocycles. The van der Waals surface area contributed by atoms with E-state index in [1.54, 1.807) is 6.20 Å². The zero-order valence-electron chi connectivity index (χ0n) is 13.3. The van der Waals surface area contributed by atoms with Crippen molar-refractivity contribution in [1.29, 1.82) is 0 Å². The number of aliphatic hydroxyl groups is 1. The minimum Gasteiger partial charge on any atom is -0.389 e. The van der Waals surface area contributed by atoms with E-state index in [0.717, 1.165) is 37.6 Å².